The number of hydrogen-bond acceptors (Lipinski definition) is 7. The highest BCUT2D eigenvalue weighted by Crippen LogP contribution is 2.37. The lowest BCUT2D eigenvalue weighted by molar-refractivity contribution is -0.385. The predicted octanol–water partition coefficient (Wildman–Crippen LogP) is 1.80. The van der Waals surface area contributed by atoms with Gasteiger partial charge in [0.1, 0.15) is 10.1 Å². The Balaban J connectivity index is 2.54. The van der Waals surface area contributed by atoms with Crippen LogP contribution < -0.4 is 10.1 Å². The summed E-state index contributed by atoms with van der Waals surface area (Å²) in [5.74, 6) is -0.744. The molecule has 2 rings (SSSR count). The Bertz CT molecular complexity index is 656. The fraction of sp³-hybridized carbons (Fsp3) is 0.0909. The molecular weight excluding hydrogens is 304 g/mol. The summed E-state index contributed by atoms with van der Waals surface area (Å²) in [6.07, 6.45) is 1.32. The number of amides is 1. The number of nitro benzene ring substituents is 1. The zero-order valence-electron chi connectivity index (χ0n) is 10.1. The molecule has 1 amide bonds. The summed E-state index contributed by atoms with van der Waals surface area (Å²) >= 11 is 5.85. The van der Waals surface area contributed by atoms with E-state index in [-0.39, 0.29) is 20.5 Å². The lowest BCUT2D eigenvalue weighted by Crippen LogP contribution is -2.17. The van der Waals surface area contributed by atoms with Gasteiger partial charge in [0.05, 0.1) is 23.0 Å². The largest absolute Gasteiger partial charge is 0.502 e. The summed E-state index contributed by atoms with van der Waals surface area (Å²) < 4.78 is 5.23. The number of phenolic OH excluding ortho intramolecular Hbond substituents is 1. The minimum Gasteiger partial charge on any atom is -0.502 e. The van der Waals surface area contributed by atoms with Crippen LogP contribution >= 0.6 is 24.0 Å². The van der Waals surface area contributed by atoms with Crippen molar-refractivity contribution < 1.29 is 19.6 Å². The maximum Gasteiger partial charge on any atom is 0.315 e. The van der Waals surface area contributed by atoms with E-state index >= 15 is 0 Å². The molecule has 1 fully saturated rings. The molecule has 104 valence electrons. The smallest absolute Gasteiger partial charge is 0.315 e. The maximum atomic E-state index is 11.5. The summed E-state index contributed by atoms with van der Waals surface area (Å²) in [4.78, 5) is 21.9. The van der Waals surface area contributed by atoms with Crippen LogP contribution in [0.15, 0.2) is 17.0 Å². The Hall–Kier alpha value is -2.13. The summed E-state index contributed by atoms with van der Waals surface area (Å²) in [6, 6.07) is 2.49. The van der Waals surface area contributed by atoms with Crippen LogP contribution in [0.3, 0.4) is 0 Å². The molecule has 7 nitrogen and oxygen atoms in total. The third-order valence-electron chi connectivity index (χ3n) is 2.45. The first-order chi connectivity index (χ1) is 9.42. The highest BCUT2D eigenvalue weighted by molar-refractivity contribution is 8.26. The van der Waals surface area contributed by atoms with E-state index in [4.69, 9.17) is 17.0 Å². The van der Waals surface area contributed by atoms with E-state index in [1.807, 2.05) is 0 Å². The van der Waals surface area contributed by atoms with E-state index in [0.29, 0.717) is 0 Å². The second kappa shape index (κ2) is 5.47. The molecular formula is C11H8N2O5S2. The van der Waals surface area contributed by atoms with Crippen molar-refractivity contribution in [3.63, 3.8) is 0 Å². The highest BCUT2D eigenvalue weighted by Gasteiger charge is 2.24. The number of phenols is 1. The van der Waals surface area contributed by atoms with Gasteiger partial charge >= 0.3 is 5.69 Å². The number of carbonyl (C=O) groups excluding carboxylic acids is 1. The Morgan fingerprint density at radius 3 is 2.75 bits per heavy atom. The molecule has 1 aliphatic heterocycles. The predicted molar refractivity (Wildman–Crippen MR) is 77.6 cm³/mol. The van der Waals surface area contributed by atoms with Gasteiger partial charge in [-0.1, -0.05) is 24.0 Å². The number of thiocarbonyl (C=S) groups is 1. The van der Waals surface area contributed by atoms with Gasteiger partial charge in [-0.25, -0.2) is 0 Å². The molecule has 20 heavy (non-hydrogen) atoms. The molecule has 1 saturated heterocycles. The van der Waals surface area contributed by atoms with E-state index in [1.54, 1.807) is 0 Å². The number of methoxy groups -OCH3 is 1. The van der Waals surface area contributed by atoms with Crippen molar-refractivity contribution in [3.8, 4) is 11.5 Å². The summed E-state index contributed by atoms with van der Waals surface area (Å²) in [7, 11) is 1.35. The molecule has 1 aliphatic rings. The topological polar surface area (TPSA) is 102 Å². The maximum absolute atomic E-state index is 11.5. The number of thioether (sulfide) groups is 1. The van der Waals surface area contributed by atoms with Gasteiger partial charge in [-0.05, 0) is 12.1 Å². The van der Waals surface area contributed by atoms with Gasteiger partial charge in [0.25, 0.3) is 5.91 Å². The van der Waals surface area contributed by atoms with Crippen LogP contribution in [0.1, 0.15) is 5.56 Å². The number of nitrogens with one attached hydrogen (secondary N) is 1. The summed E-state index contributed by atoms with van der Waals surface area (Å²) in [5, 5.41) is 23.1. The zero-order valence-corrected chi connectivity index (χ0v) is 11.7. The normalized spacial score (nSPS) is 16.4. The minimum absolute atomic E-state index is 0.110. The van der Waals surface area contributed by atoms with Crippen molar-refractivity contribution in [1.29, 1.82) is 0 Å². The molecule has 0 spiro atoms. The molecule has 9 heteroatoms. The number of nitrogens with zero attached hydrogens (tertiary/aromatic N) is 1. The van der Waals surface area contributed by atoms with Crippen molar-refractivity contribution in [2.45, 2.75) is 0 Å². The van der Waals surface area contributed by atoms with Crippen LogP contribution in [-0.2, 0) is 4.79 Å². The van der Waals surface area contributed by atoms with Crippen LogP contribution in [0.2, 0.25) is 0 Å². The number of ether oxygens (including phenoxy) is 1. The third-order valence-corrected chi connectivity index (χ3v) is 3.62. The second-order valence-electron chi connectivity index (χ2n) is 3.69. The molecule has 2 N–H and O–H groups in total. The molecule has 0 saturated carbocycles. The number of aromatic hydroxyl groups is 1. The lowest BCUT2D eigenvalue weighted by Gasteiger charge is -2.05. The van der Waals surface area contributed by atoms with Crippen molar-refractivity contribution in [2.24, 2.45) is 0 Å². The fourth-order valence-corrected chi connectivity index (χ4v) is 2.58. The zero-order chi connectivity index (χ0) is 14.9. The van der Waals surface area contributed by atoms with Gasteiger partial charge in [-0.15, -0.1) is 0 Å². The molecule has 0 atom stereocenters. The van der Waals surface area contributed by atoms with Crippen LogP contribution in [0.25, 0.3) is 6.08 Å². The highest BCUT2D eigenvalue weighted by atomic mass is 32.2. The van der Waals surface area contributed by atoms with Gasteiger partial charge in [0.2, 0.25) is 5.75 Å². The van der Waals surface area contributed by atoms with Gasteiger partial charge in [0, 0.05) is 5.56 Å². The van der Waals surface area contributed by atoms with Gasteiger partial charge in [-0.3, -0.25) is 14.9 Å². The first-order valence-electron chi connectivity index (χ1n) is 5.22. The number of carbonyl (C=O) groups is 1. The molecule has 1 aromatic carbocycles. The first kappa shape index (κ1) is 14.3. The number of rotatable bonds is 3. The molecule has 0 aromatic heterocycles. The van der Waals surface area contributed by atoms with Gasteiger partial charge in [-0.2, -0.15) is 0 Å². The SMILES string of the molecule is COc1cc(C=C2SC(=S)NC2=O)c(O)c([N+](=O)[O-])c1. The van der Waals surface area contributed by atoms with Crippen LogP contribution in [0.4, 0.5) is 5.69 Å². The number of nitro groups is 1. The number of hydrogen-bond donors (Lipinski definition) is 2. The van der Waals surface area contributed by atoms with E-state index in [2.05, 4.69) is 5.32 Å². The lowest BCUT2D eigenvalue weighted by atomic mass is 10.1. The molecule has 1 aromatic rings. The molecule has 0 unspecified atom stereocenters. The van der Waals surface area contributed by atoms with Crippen LogP contribution in [0, 0.1) is 10.1 Å². The monoisotopic (exact) mass is 312 g/mol. The van der Waals surface area contributed by atoms with Crippen molar-refractivity contribution >= 4 is 46.0 Å². The van der Waals surface area contributed by atoms with Crippen LogP contribution in [-0.4, -0.2) is 27.4 Å². The Labute approximate surface area is 122 Å². The van der Waals surface area contributed by atoms with Crippen molar-refractivity contribution in [1.82, 2.24) is 5.32 Å². The van der Waals surface area contributed by atoms with Crippen molar-refractivity contribution in [3.05, 3.63) is 32.7 Å². The van der Waals surface area contributed by atoms with Gasteiger partial charge < -0.3 is 15.2 Å². The van der Waals surface area contributed by atoms with E-state index < -0.39 is 22.3 Å². The molecule has 0 bridgehead atoms. The van der Waals surface area contributed by atoms with Gasteiger partial charge in [0.15, 0.2) is 0 Å². The Morgan fingerprint density at radius 1 is 1.55 bits per heavy atom. The van der Waals surface area contributed by atoms with E-state index in [0.717, 1.165) is 17.8 Å². The average Bonchev–Trinajstić information content (AvgIpc) is 2.70. The second-order valence-corrected chi connectivity index (χ2v) is 5.41. The minimum atomic E-state index is -0.730. The fourth-order valence-electron chi connectivity index (χ4n) is 1.54. The average molecular weight is 312 g/mol. The summed E-state index contributed by atoms with van der Waals surface area (Å²) in [5.41, 5.74) is -0.388. The quantitative estimate of drug-likeness (QED) is 0.380. The molecule has 0 radical (unpaired) electrons. The Kier molecular flexibility index (Phi) is 3.91. The Morgan fingerprint density at radius 2 is 2.25 bits per heavy atom. The molecule has 0 aliphatic carbocycles. The van der Waals surface area contributed by atoms with E-state index in [9.17, 15) is 20.0 Å². The van der Waals surface area contributed by atoms with Crippen LogP contribution in [0.5, 0.6) is 11.5 Å². The first-order valence-corrected chi connectivity index (χ1v) is 6.45. The van der Waals surface area contributed by atoms with Crippen molar-refractivity contribution in [2.75, 3.05) is 7.11 Å². The van der Waals surface area contributed by atoms with E-state index in [1.165, 1.54) is 19.3 Å². The summed E-state index contributed by atoms with van der Waals surface area (Å²) in [6.45, 7) is 0. The third kappa shape index (κ3) is 2.73. The number of benzene rings is 1. The standard InChI is InChI=1S/C11H8N2O5S2/c1-18-6-2-5(9(14)7(4-6)13(16)17)3-8-10(15)12-11(19)20-8/h2-4,14H,1H3,(H,12,15,19). The molecule has 1 heterocycles.